The van der Waals surface area contributed by atoms with Crippen LogP contribution in [0.3, 0.4) is 0 Å². The van der Waals surface area contributed by atoms with Crippen LogP contribution in [-0.2, 0) is 6.61 Å². The molecule has 11 heavy (non-hydrogen) atoms. The number of nitrogen functional groups attached to an aromatic ring is 1. The molecule has 60 valence electrons. The van der Waals surface area contributed by atoms with Gasteiger partial charge in [-0.05, 0) is 6.07 Å². The van der Waals surface area contributed by atoms with E-state index in [2.05, 4.69) is 0 Å². The predicted molar refractivity (Wildman–Crippen MR) is 39.3 cm³/mol. The number of methoxy groups -OCH3 is 1. The summed E-state index contributed by atoms with van der Waals surface area (Å²) in [5, 5.41) is 8.72. The van der Waals surface area contributed by atoms with Gasteiger partial charge < -0.3 is 9.84 Å². The van der Waals surface area contributed by atoms with Crippen molar-refractivity contribution in [3.63, 3.8) is 0 Å². The van der Waals surface area contributed by atoms with Gasteiger partial charge in [-0.25, -0.2) is 5.84 Å². The SMILES string of the molecule is COc1ccc(CO)c[n+]1N. The van der Waals surface area contributed by atoms with E-state index in [1.54, 1.807) is 18.3 Å². The van der Waals surface area contributed by atoms with Crippen molar-refractivity contribution in [2.24, 2.45) is 0 Å². The van der Waals surface area contributed by atoms with E-state index in [4.69, 9.17) is 15.7 Å². The van der Waals surface area contributed by atoms with Gasteiger partial charge >= 0.3 is 5.88 Å². The van der Waals surface area contributed by atoms with Gasteiger partial charge in [-0.15, -0.1) is 0 Å². The summed E-state index contributed by atoms with van der Waals surface area (Å²) in [6.45, 7) is -0.0127. The second-order valence-electron chi connectivity index (χ2n) is 2.15. The number of ether oxygens (including phenoxy) is 1. The molecule has 0 atom stereocenters. The zero-order chi connectivity index (χ0) is 8.27. The molecule has 0 fully saturated rings. The average Bonchev–Trinajstić information content (AvgIpc) is 2.04. The van der Waals surface area contributed by atoms with Crippen LogP contribution in [0.1, 0.15) is 5.56 Å². The number of aliphatic hydroxyl groups excluding tert-OH is 1. The second-order valence-corrected chi connectivity index (χ2v) is 2.15. The van der Waals surface area contributed by atoms with Gasteiger partial charge in [0.05, 0.1) is 19.8 Å². The molecule has 1 heterocycles. The minimum absolute atomic E-state index is 0.0127. The zero-order valence-electron chi connectivity index (χ0n) is 6.32. The van der Waals surface area contributed by atoms with Crippen molar-refractivity contribution in [1.82, 2.24) is 0 Å². The van der Waals surface area contributed by atoms with Crippen molar-refractivity contribution >= 4 is 0 Å². The van der Waals surface area contributed by atoms with Crippen LogP contribution >= 0.6 is 0 Å². The topological polar surface area (TPSA) is 59.4 Å². The highest BCUT2D eigenvalue weighted by atomic mass is 16.5. The minimum atomic E-state index is -0.0127. The van der Waals surface area contributed by atoms with Crippen LogP contribution < -0.4 is 15.3 Å². The molecule has 0 unspecified atom stereocenters. The summed E-state index contributed by atoms with van der Waals surface area (Å²) in [6.07, 6.45) is 1.61. The van der Waals surface area contributed by atoms with Crippen LogP contribution in [0.4, 0.5) is 0 Å². The van der Waals surface area contributed by atoms with Crippen LogP contribution in [0.5, 0.6) is 5.88 Å². The van der Waals surface area contributed by atoms with Crippen LogP contribution in [0, 0.1) is 0 Å². The lowest BCUT2D eigenvalue weighted by Crippen LogP contribution is -2.45. The first-order valence-electron chi connectivity index (χ1n) is 3.22. The van der Waals surface area contributed by atoms with E-state index >= 15 is 0 Å². The molecule has 0 spiro atoms. The van der Waals surface area contributed by atoms with Gasteiger partial charge in [-0.2, -0.15) is 0 Å². The lowest BCUT2D eigenvalue weighted by atomic mass is 10.3. The summed E-state index contributed by atoms with van der Waals surface area (Å²) in [7, 11) is 1.54. The van der Waals surface area contributed by atoms with Crippen LogP contribution in [-0.4, -0.2) is 12.2 Å². The molecule has 0 aliphatic heterocycles. The van der Waals surface area contributed by atoms with Crippen molar-refractivity contribution in [2.45, 2.75) is 6.61 Å². The predicted octanol–water partition coefficient (Wildman–Crippen LogP) is -0.811. The van der Waals surface area contributed by atoms with E-state index in [-0.39, 0.29) is 6.61 Å². The van der Waals surface area contributed by atoms with E-state index in [1.165, 1.54) is 11.8 Å². The van der Waals surface area contributed by atoms with E-state index in [0.29, 0.717) is 5.88 Å². The third-order valence-corrected chi connectivity index (χ3v) is 1.39. The Morgan fingerprint density at radius 3 is 2.82 bits per heavy atom. The fraction of sp³-hybridized carbons (Fsp3) is 0.286. The van der Waals surface area contributed by atoms with Crippen LogP contribution in [0.25, 0.3) is 0 Å². The molecular formula is C7H11N2O2+. The molecule has 1 aromatic rings. The number of nitrogens with two attached hydrogens (primary N) is 1. The third kappa shape index (κ3) is 1.59. The molecule has 4 heteroatoms. The summed E-state index contributed by atoms with van der Waals surface area (Å²) in [4.78, 5) is 0. The molecule has 0 aliphatic rings. The van der Waals surface area contributed by atoms with E-state index in [1.807, 2.05) is 0 Å². The molecule has 0 amide bonds. The quantitative estimate of drug-likeness (QED) is 0.433. The van der Waals surface area contributed by atoms with E-state index in [0.717, 1.165) is 5.56 Å². The maximum atomic E-state index is 8.72. The Balaban J connectivity index is 2.99. The first-order valence-corrected chi connectivity index (χ1v) is 3.22. The van der Waals surface area contributed by atoms with Gasteiger partial charge in [-0.3, -0.25) is 0 Å². The molecular weight excluding hydrogens is 144 g/mol. The van der Waals surface area contributed by atoms with Crippen LogP contribution in [0.2, 0.25) is 0 Å². The fourth-order valence-electron chi connectivity index (χ4n) is 0.817. The molecule has 0 radical (unpaired) electrons. The Labute approximate surface area is 64.8 Å². The first-order chi connectivity index (χ1) is 5.27. The molecule has 1 aromatic heterocycles. The number of nitrogens with zero attached hydrogens (tertiary/aromatic N) is 1. The molecule has 4 nitrogen and oxygen atoms in total. The van der Waals surface area contributed by atoms with Gasteiger partial charge in [0.15, 0.2) is 0 Å². The Morgan fingerprint density at radius 2 is 2.36 bits per heavy atom. The minimum Gasteiger partial charge on any atom is -0.446 e. The van der Waals surface area contributed by atoms with E-state index in [9.17, 15) is 0 Å². The Bertz CT molecular complexity index is 250. The summed E-state index contributed by atoms with van der Waals surface area (Å²) in [6, 6.07) is 3.45. The van der Waals surface area contributed by atoms with Gasteiger partial charge in [0.25, 0.3) is 0 Å². The van der Waals surface area contributed by atoms with Crippen molar-refractivity contribution < 1.29 is 14.5 Å². The number of hydrogen-bond donors (Lipinski definition) is 2. The largest absolute Gasteiger partial charge is 0.446 e. The maximum absolute atomic E-state index is 8.72. The highest BCUT2D eigenvalue weighted by Crippen LogP contribution is 2.02. The summed E-state index contributed by atoms with van der Waals surface area (Å²) in [5.74, 6) is 6.05. The maximum Gasteiger partial charge on any atom is 0.396 e. The normalized spacial score (nSPS) is 9.64. The van der Waals surface area contributed by atoms with Gasteiger partial charge in [0, 0.05) is 5.56 Å². The number of pyridine rings is 1. The Kier molecular flexibility index (Phi) is 2.28. The molecule has 0 aromatic carbocycles. The number of aromatic nitrogens is 1. The fourth-order valence-corrected chi connectivity index (χ4v) is 0.817. The van der Waals surface area contributed by atoms with Crippen molar-refractivity contribution in [3.05, 3.63) is 23.9 Å². The number of hydrogen-bond acceptors (Lipinski definition) is 3. The summed E-state index contributed by atoms with van der Waals surface area (Å²) >= 11 is 0. The Morgan fingerprint density at radius 1 is 1.64 bits per heavy atom. The summed E-state index contributed by atoms with van der Waals surface area (Å²) < 4.78 is 6.23. The Hall–Kier alpha value is -1.29. The van der Waals surface area contributed by atoms with Gasteiger partial charge in [-0.1, -0.05) is 4.68 Å². The lowest BCUT2D eigenvalue weighted by Gasteiger charge is -1.96. The molecule has 0 saturated carbocycles. The van der Waals surface area contributed by atoms with Gasteiger partial charge in [0.1, 0.15) is 0 Å². The van der Waals surface area contributed by atoms with E-state index < -0.39 is 0 Å². The molecule has 0 saturated heterocycles. The summed E-state index contributed by atoms with van der Waals surface area (Å²) in [5.41, 5.74) is 0.758. The van der Waals surface area contributed by atoms with Crippen molar-refractivity contribution in [1.29, 1.82) is 0 Å². The molecule has 0 bridgehead atoms. The standard InChI is InChI=1S/C7H11N2O2/c1-11-7-3-2-6(5-10)4-9(7)8/h2-4,10H,5,8H2,1H3/q+1. The monoisotopic (exact) mass is 155 g/mol. The zero-order valence-corrected chi connectivity index (χ0v) is 6.32. The van der Waals surface area contributed by atoms with Crippen molar-refractivity contribution in [2.75, 3.05) is 13.0 Å². The third-order valence-electron chi connectivity index (χ3n) is 1.39. The lowest BCUT2D eigenvalue weighted by molar-refractivity contribution is -0.645. The van der Waals surface area contributed by atoms with Crippen molar-refractivity contribution in [3.8, 4) is 5.88 Å². The number of aliphatic hydroxyl groups is 1. The van der Waals surface area contributed by atoms with Crippen LogP contribution in [0.15, 0.2) is 18.3 Å². The number of rotatable bonds is 2. The highest BCUT2D eigenvalue weighted by molar-refractivity contribution is 5.11. The highest BCUT2D eigenvalue weighted by Gasteiger charge is 2.07. The first kappa shape index (κ1) is 7.81. The average molecular weight is 155 g/mol. The molecule has 1 rings (SSSR count). The smallest absolute Gasteiger partial charge is 0.396 e. The molecule has 3 N–H and O–H groups in total. The molecule has 0 aliphatic carbocycles. The van der Waals surface area contributed by atoms with Gasteiger partial charge in [0.2, 0.25) is 6.20 Å². The second kappa shape index (κ2) is 3.21.